The van der Waals surface area contributed by atoms with Gasteiger partial charge in [-0.15, -0.1) is 0 Å². The number of hydrogen-bond donors (Lipinski definition) is 2. The summed E-state index contributed by atoms with van der Waals surface area (Å²) in [7, 11) is 0. The SMILES string of the molecule is CCC(C)CNC(=O)[C@@H]1CC[C@H](C(=O)O)O1. The van der Waals surface area contributed by atoms with Crippen LogP contribution >= 0.6 is 0 Å². The van der Waals surface area contributed by atoms with E-state index >= 15 is 0 Å². The molecule has 3 atom stereocenters. The van der Waals surface area contributed by atoms with E-state index in [0.29, 0.717) is 25.3 Å². The number of rotatable bonds is 5. The number of carbonyl (C=O) groups is 2. The average Bonchev–Trinajstić information content (AvgIpc) is 2.74. The normalized spacial score (nSPS) is 26.4. The molecule has 0 bridgehead atoms. The van der Waals surface area contributed by atoms with E-state index in [-0.39, 0.29) is 5.91 Å². The van der Waals surface area contributed by atoms with Crippen LogP contribution in [0.25, 0.3) is 0 Å². The average molecular weight is 229 g/mol. The minimum Gasteiger partial charge on any atom is -0.479 e. The van der Waals surface area contributed by atoms with Crippen LogP contribution in [0.5, 0.6) is 0 Å². The van der Waals surface area contributed by atoms with Gasteiger partial charge < -0.3 is 15.2 Å². The highest BCUT2D eigenvalue weighted by Crippen LogP contribution is 2.19. The Kier molecular flexibility index (Phi) is 4.73. The number of amides is 1. The van der Waals surface area contributed by atoms with Gasteiger partial charge in [0.25, 0.3) is 0 Å². The molecule has 1 aliphatic rings. The Morgan fingerprint density at radius 1 is 1.44 bits per heavy atom. The van der Waals surface area contributed by atoms with Crippen molar-refractivity contribution in [1.29, 1.82) is 0 Å². The van der Waals surface area contributed by atoms with E-state index in [1.165, 1.54) is 0 Å². The molecule has 1 fully saturated rings. The Balaban J connectivity index is 2.31. The molecule has 0 aliphatic carbocycles. The first-order chi connectivity index (χ1) is 7.54. The number of carbonyl (C=O) groups excluding carboxylic acids is 1. The van der Waals surface area contributed by atoms with Crippen LogP contribution in [0, 0.1) is 5.92 Å². The van der Waals surface area contributed by atoms with E-state index in [1.54, 1.807) is 0 Å². The Morgan fingerprint density at radius 2 is 2.06 bits per heavy atom. The second-order valence-electron chi connectivity index (χ2n) is 4.29. The number of ether oxygens (including phenoxy) is 1. The molecule has 0 aromatic carbocycles. The highest BCUT2D eigenvalue weighted by molar-refractivity contribution is 5.82. The molecule has 5 heteroatoms. The molecule has 0 spiro atoms. The summed E-state index contributed by atoms with van der Waals surface area (Å²) in [5, 5.41) is 11.5. The zero-order valence-corrected chi connectivity index (χ0v) is 9.73. The summed E-state index contributed by atoms with van der Waals surface area (Å²) in [6.45, 7) is 4.73. The lowest BCUT2D eigenvalue weighted by Gasteiger charge is -2.14. The van der Waals surface area contributed by atoms with Crippen LogP contribution in [0.1, 0.15) is 33.1 Å². The summed E-state index contributed by atoms with van der Waals surface area (Å²) in [6.07, 6.45) is 0.494. The second kappa shape index (κ2) is 5.84. The smallest absolute Gasteiger partial charge is 0.332 e. The third-order valence-corrected chi connectivity index (χ3v) is 2.91. The van der Waals surface area contributed by atoms with Gasteiger partial charge in [-0.3, -0.25) is 4.79 Å². The van der Waals surface area contributed by atoms with Gasteiger partial charge in [-0.2, -0.15) is 0 Å². The number of hydrogen-bond acceptors (Lipinski definition) is 3. The van der Waals surface area contributed by atoms with Gasteiger partial charge in [0.1, 0.15) is 6.10 Å². The number of carboxylic acids is 1. The molecule has 1 saturated heterocycles. The Morgan fingerprint density at radius 3 is 2.56 bits per heavy atom. The summed E-state index contributed by atoms with van der Waals surface area (Å²) in [4.78, 5) is 22.2. The van der Waals surface area contributed by atoms with E-state index in [4.69, 9.17) is 9.84 Å². The lowest BCUT2D eigenvalue weighted by atomic mass is 10.1. The van der Waals surface area contributed by atoms with Gasteiger partial charge in [0.05, 0.1) is 0 Å². The zero-order valence-electron chi connectivity index (χ0n) is 9.73. The molecule has 1 aliphatic heterocycles. The van der Waals surface area contributed by atoms with Crippen LogP contribution < -0.4 is 5.32 Å². The topological polar surface area (TPSA) is 75.6 Å². The summed E-state index contributed by atoms with van der Waals surface area (Å²) >= 11 is 0. The van der Waals surface area contributed by atoms with Crippen LogP contribution in [-0.2, 0) is 14.3 Å². The largest absolute Gasteiger partial charge is 0.479 e. The standard InChI is InChI=1S/C11H19NO4/c1-3-7(2)6-12-10(13)8-4-5-9(16-8)11(14)15/h7-9H,3-6H2,1-2H3,(H,12,13)(H,14,15)/t7?,8-,9+/m0/s1. The first kappa shape index (κ1) is 13.0. The number of nitrogens with one attached hydrogen (secondary N) is 1. The van der Waals surface area contributed by atoms with Crippen LogP contribution in [0.3, 0.4) is 0 Å². The van der Waals surface area contributed by atoms with Crippen LogP contribution in [-0.4, -0.2) is 35.7 Å². The third-order valence-electron chi connectivity index (χ3n) is 2.91. The van der Waals surface area contributed by atoms with Gasteiger partial charge in [0.15, 0.2) is 6.10 Å². The molecule has 0 aromatic rings. The molecule has 2 N–H and O–H groups in total. The summed E-state index contributed by atoms with van der Waals surface area (Å²) in [6, 6.07) is 0. The predicted molar refractivity (Wildman–Crippen MR) is 58.0 cm³/mol. The van der Waals surface area contributed by atoms with Gasteiger partial charge >= 0.3 is 5.97 Å². The predicted octanol–water partition coefficient (Wildman–Crippen LogP) is 0.781. The van der Waals surface area contributed by atoms with Gasteiger partial charge in [-0.25, -0.2) is 4.79 Å². The van der Waals surface area contributed by atoms with Gasteiger partial charge in [-0.05, 0) is 18.8 Å². The van der Waals surface area contributed by atoms with Crippen LogP contribution in [0.2, 0.25) is 0 Å². The molecule has 1 unspecified atom stereocenters. The van der Waals surface area contributed by atoms with E-state index in [1.807, 2.05) is 0 Å². The van der Waals surface area contributed by atoms with E-state index < -0.39 is 18.2 Å². The third kappa shape index (κ3) is 3.48. The number of carboxylic acid groups (broad SMARTS) is 1. The number of aliphatic carboxylic acids is 1. The van der Waals surface area contributed by atoms with Crippen molar-refractivity contribution >= 4 is 11.9 Å². The maximum atomic E-state index is 11.6. The van der Waals surface area contributed by atoms with Crippen molar-refractivity contribution in [1.82, 2.24) is 5.32 Å². The summed E-state index contributed by atoms with van der Waals surface area (Å²) < 4.78 is 5.14. The minimum absolute atomic E-state index is 0.191. The highest BCUT2D eigenvalue weighted by Gasteiger charge is 2.34. The van der Waals surface area contributed by atoms with Gasteiger partial charge in [0, 0.05) is 6.54 Å². The van der Waals surface area contributed by atoms with Crippen molar-refractivity contribution in [3.8, 4) is 0 Å². The molecule has 0 aromatic heterocycles. The summed E-state index contributed by atoms with van der Waals surface area (Å²) in [5.74, 6) is -0.748. The first-order valence-corrected chi connectivity index (χ1v) is 5.70. The van der Waals surface area contributed by atoms with E-state index in [2.05, 4.69) is 19.2 Å². The lowest BCUT2D eigenvalue weighted by molar-refractivity contribution is -0.151. The molecule has 1 heterocycles. The molecule has 16 heavy (non-hydrogen) atoms. The quantitative estimate of drug-likeness (QED) is 0.730. The van der Waals surface area contributed by atoms with Crippen LogP contribution in [0.15, 0.2) is 0 Å². The fourth-order valence-electron chi connectivity index (χ4n) is 1.54. The van der Waals surface area contributed by atoms with Crippen molar-refractivity contribution in [2.75, 3.05) is 6.54 Å². The maximum absolute atomic E-state index is 11.6. The molecule has 92 valence electrons. The minimum atomic E-state index is -0.989. The Hall–Kier alpha value is -1.10. The highest BCUT2D eigenvalue weighted by atomic mass is 16.5. The maximum Gasteiger partial charge on any atom is 0.332 e. The molecule has 0 radical (unpaired) electrons. The fraction of sp³-hybridized carbons (Fsp3) is 0.818. The van der Waals surface area contributed by atoms with E-state index in [0.717, 1.165) is 6.42 Å². The lowest BCUT2D eigenvalue weighted by Crippen LogP contribution is -2.37. The Bertz CT molecular complexity index is 267. The zero-order chi connectivity index (χ0) is 12.1. The van der Waals surface area contributed by atoms with Crippen molar-refractivity contribution in [2.24, 2.45) is 5.92 Å². The molecule has 5 nitrogen and oxygen atoms in total. The van der Waals surface area contributed by atoms with Crippen LogP contribution in [0.4, 0.5) is 0 Å². The molecule has 1 rings (SSSR count). The second-order valence-corrected chi connectivity index (χ2v) is 4.29. The van der Waals surface area contributed by atoms with E-state index in [9.17, 15) is 9.59 Å². The Labute approximate surface area is 95.2 Å². The molecular formula is C11H19NO4. The molecule has 1 amide bonds. The molecular weight excluding hydrogens is 210 g/mol. The van der Waals surface area contributed by atoms with Crippen molar-refractivity contribution in [3.63, 3.8) is 0 Å². The van der Waals surface area contributed by atoms with Crippen molar-refractivity contribution in [2.45, 2.75) is 45.3 Å². The van der Waals surface area contributed by atoms with Crippen molar-refractivity contribution in [3.05, 3.63) is 0 Å². The molecule has 0 saturated carbocycles. The van der Waals surface area contributed by atoms with Gasteiger partial charge in [0.2, 0.25) is 5.91 Å². The van der Waals surface area contributed by atoms with Crippen molar-refractivity contribution < 1.29 is 19.4 Å². The van der Waals surface area contributed by atoms with Gasteiger partial charge in [-0.1, -0.05) is 20.3 Å². The first-order valence-electron chi connectivity index (χ1n) is 5.70. The fourth-order valence-corrected chi connectivity index (χ4v) is 1.54. The monoisotopic (exact) mass is 229 g/mol. The summed E-state index contributed by atoms with van der Waals surface area (Å²) in [5.41, 5.74) is 0.